The number of rotatable bonds is 1. The molecule has 58 valence electrons. The molecular weight excluding hydrogens is 158 g/mol. The molecule has 0 fully saturated rings. The van der Waals surface area contributed by atoms with Gasteiger partial charge in [0.15, 0.2) is 0 Å². The molecule has 0 atom stereocenters. The van der Waals surface area contributed by atoms with Crippen LogP contribution >= 0.6 is 11.3 Å². The van der Waals surface area contributed by atoms with Crippen LogP contribution in [0.25, 0.3) is 4.96 Å². The van der Waals surface area contributed by atoms with Crippen LogP contribution in [-0.2, 0) is 6.42 Å². The van der Waals surface area contributed by atoms with Gasteiger partial charge in [-0.05, 0) is 6.92 Å². The topological polar surface area (TPSA) is 30.2 Å². The van der Waals surface area contributed by atoms with Crippen LogP contribution in [0.2, 0.25) is 0 Å². The van der Waals surface area contributed by atoms with Crippen LogP contribution in [0.15, 0.2) is 6.20 Å². The maximum absolute atomic E-state index is 4.04. The fourth-order valence-corrected chi connectivity index (χ4v) is 1.88. The minimum absolute atomic E-state index is 0.942. The first-order chi connectivity index (χ1) is 5.31. The van der Waals surface area contributed by atoms with Crippen molar-refractivity contribution >= 4 is 16.3 Å². The van der Waals surface area contributed by atoms with E-state index in [1.54, 1.807) is 11.3 Å². The Morgan fingerprint density at radius 1 is 1.55 bits per heavy atom. The second-order valence-electron chi connectivity index (χ2n) is 2.46. The molecular formula is C7H9N3S. The number of hydrogen-bond donors (Lipinski definition) is 0. The molecule has 4 heteroatoms. The van der Waals surface area contributed by atoms with Gasteiger partial charge in [-0.15, -0.1) is 10.2 Å². The van der Waals surface area contributed by atoms with E-state index in [2.05, 4.69) is 34.6 Å². The molecule has 0 amide bonds. The van der Waals surface area contributed by atoms with Crippen molar-refractivity contribution < 1.29 is 0 Å². The predicted octanol–water partition coefficient (Wildman–Crippen LogP) is 1.66. The van der Waals surface area contributed by atoms with Gasteiger partial charge in [0, 0.05) is 17.5 Å². The molecule has 0 unspecified atom stereocenters. The fraction of sp³-hybridized carbons (Fsp3) is 0.429. The van der Waals surface area contributed by atoms with E-state index in [0.29, 0.717) is 0 Å². The summed E-state index contributed by atoms with van der Waals surface area (Å²) >= 11 is 1.68. The summed E-state index contributed by atoms with van der Waals surface area (Å²) in [7, 11) is 0. The van der Waals surface area contributed by atoms with Gasteiger partial charge >= 0.3 is 0 Å². The molecule has 0 bridgehead atoms. The van der Waals surface area contributed by atoms with Gasteiger partial charge in [0.25, 0.3) is 0 Å². The summed E-state index contributed by atoms with van der Waals surface area (Å²) in [6.07, 6.45) is 3.02. The fourth-order valence-electron chi connectivity index (χ4n) is 1.10. The van der Waals surface area contributed by atoms with Crippen LogP contribution in [0.3, 0.4) is 0 Å². The van der Waals surface area contributed by atoms with Crippen molar-refractivity contribution in [3.63, 3.8) is 0 Å². The smallest absolute Gasteiger partial charge is 0.216 e. The van der Waals surface area contributed by atoms with Crippen LogP contribution in [0.4, 0.5) is 0 Å². The minimum Gasteiger partial charge on any atom is -0.277 e. The summed E-state index contributed by atoms with van der Waals surface area (Å²) in [5, 5.41) is 8.08. The van der Waals surface area contributed by atoms with Crippen LogP contribution in [0.1, 0.15) is 17.6 Å². The molecule has 0 aliphatic carbocycles. The van der Waals surface area contributed by atoms with E-state index in [1.807, 2.05) is 0 Å². The molecule has 2 heterocycles. The Morgan fingerprint density at radius 2 is 2.36 bits per heavy atom. The number of fused-ring (bicyclic) bond motifs is 1. The van der Waals surface area contributed by atoms with E-state index < -0.39 is 0 Å². The lowest BCUT2D eigenvalue weighted by atomic mass is 10.5. The van der Waals surface area contributed by atoms with Crippen molar-refractivity contribution in [2.75, 3.05) is 0 Å². The zero-order chi connectivity index (χ0) is 7.84. The summed E-state index contributed by atoms with van der Waals surface area (Å²) < 4.78 is 2.06. The highest BCUT2D eigenvalue weighted by atomic mass is 32.1. The number of thiazole rings is 1. The highest BCUT2D eigenvalue weighted by Crippen LogP contribution is 2.15. The van der Waals surface area contributed by atoms with Crippen molar-refractivity contribution in [1.82, 2.24) is 14.6 Å². The lowest BCUT2D eigenvalue weighted by Gasteiger charge is -1.86. The zero-order valence-electron chi connectivity index (χ0n) is 6.53. The van der Waals surface area contributed by atoms with Gasteiger partial charge in [-0.1, -0.05) is 18.3 Å². The lowest BCUT2D eigenvalue weighted by Crippen LogP contribution is -1.87. The Kier molecular flexibility index (Phi) is 1.42. The third kappa shape index (κ3) is 0.939. The Morgan fingerprint density at radius 3 is 3.09 bits per heavy atom. The summed E-state index contributed by atoms with van der Waals surface area (Å²) in [6.45, 7) is 4.17. The van der Waals surface area contributed by atoms with Gasteiger partial charge in [-0.25, -0.2) is 0 Å². The molecule has 2 rings (SSSR count). The van der Waals surface area contributed by atoms with E-state index in [0.717, 1.165) is 17.2 Å². The maximum Gasteiger partial charge on any atom is 0.216 e. The lowest BCUT2D eigenvalue weighted by molar-refractivity contribution is 0.909. The van der Waals surface area contributed by atoms with Gasteiger partial charge in [0.05, 0.1) is 0 Å². The predicted molar refractivity (Wildman–Crippen MR) is 45.0 cm³/mol. The molecule has 0 aliphatic heterocycles. The Bertz CT molecular complexity index is 374. The average Bonchev–Trinajstić information content (AvgIpc) is 2.45. The van der Waals surface area contributed by atoms with Crippen molar-refractivity contribution in [3.8, 4) is 0 Å². The van der Waals surface area contributed by atoms with Crippen molar-refractivity contribution in [2.45, 2.75) is 20.3 Å². The van der Waals surface area contributed by atoms with Crippen molar-refractivity contribution in [2.24, 2.45) is 0 Å². The first-order valence-electron chi connectivity index (χ1n) is 3.61. The monoisotopic (exact) mass is 167 g/mol. The number of aromatic nitrogens is 3. The van der Waals surface area contributed by atoms with Gasteiger partial charge in [0.2, 0.25) is 4.96 Å². The largest absolute Gasteiger partial charge is 0.277 e. The Balaban J connectivity index is 2.73. The SMILES string of the molecule is CCc1nnc2sc(C)cn12. The summed E-state index contributed by atoms with van der Waals surface area (Å²) in [5.74, 6) is 1.05. The van der Waals surface area contributed by atoms with Crippen LogP contribution in [0.5, 0.6) is 0 Å². The minimum atomic E-state index is 0.942. The number of hydrogen-bond acceptors (Lipinski definition) is 3. The first kappa shape index (κ1) is 6.79. The van der Waals surface area contributed by atoms with Crippen molar-refractivity contribution in [1.29, 1.82) is 0 Å². The molecule has 0 saturated carbocycles. The normalized spacial score (nSPS) is 11.1. The molecule has 2 aromatic heterocycles. The maximum atomic E-state index is 4.04. The molecule has 0 N–H and O–H groups in total. The zero-order valence-corrected chi connectivity index (χ0v) is 7.35. The van der Waals surface area contributed by atoms with E-state index in [1.165, 1.54) is 4.88 Å². The van der Waals surface area contributed by atoms with Crippen LogP contribution in [-0.4, -0.2) is 14.6 Å². The molecule has 0 radical (unpaired) electrons. The third-order valence-corrected chi connectivity index (χ3v) is 2.50. The van der Waals surface area contributed by atoms with Gasteiger partial charge < -0.3 is 0 Å². The molecule has 0 spiro atoms. The van der Waals surface area contributed by atoms with E-state index in [9.17, 15) is 0 Å². The number of nitrogens with zero attached hydrogens (tertiary/aromatic N) is 3. The van der Waals surface area contributed by atoms with E-state index in [4.69, 9.17) is 0 Å². The highest BCUT2D eigenvalue weighted by Gasteiger charge is 2.04. The highest BCUT2D eigenvalue weighted by molar-refractivity contribution is 7.16. The van der Waals surface area contributed by atoms with E-state index in [-0.39, 0.29) is 0 Å². The van der Waals surface area contributed by atoms with E-state index >= 15 is 0 Å². The van der Waals surface area contributed by atoms with Crippen LogP contribution < -0.4 is 0 Å². The first-order valence-corrected chi connectivity index (χ1v) is 4.43. The molecule has 0 saturated heterocycles. The van der Waals surface area contributed by atoms with Crippen molar-refractivity contribution in [3.05, 3.63) is 16.9 Å². The molecule has 11 heavy (non-hydrogen) atoms. The Hall–Kier alpha value is -0.900. The molecule has 3 nitrogen and oxygen atoms in total. The standard InChI is InChI=1S/C7H9N3S/c1-3-6-8-9-7-10(6)4-5(2)11-7/h4H,3H2,1-2H3. The second-order valence-corrected chi connectivity index (χ2v) is 3.68. The molecule has 2 aromatic rings. The van der Waals surface area contributed by atoms with Crippen LogP contribution in [0, 0.1) is 6.92 Å². The van der Waals surface area contributed by atoms with Gasteiger partial charge in [0.1, 0.15) is 5.82 Å². The van der Waals surface area contributed by atoms with Gasteiger partial charge in [-0.2, -0.15) is 0 Å². The second kappa shape index (κ2) is 2.30. The molecule has 0 aromatic carbocycles. The number of aryl methyl sites for hydroxylation is 2. The molecule has 0 aliphatic rings. The average molecular weight is 167 g/mol. The third-order valence-electron chi connectivity index (χ3n) is 1.61. The summed E-state index contributed by atoms with van der Waals surface area (Å²) in [4.78, 5) is 2.28. The Labute approximate surface area is 68.7 Å². The summed E-state index contributed by atoms with van der Waals surface area (Å²) in [5.41, 5.74) is 0. The summed E-state index contributed by atoms with van der Waals surface area (Å²) in [6, 6.07) is 0. The quantitative estimate of drug-likeness (QED) is 0.646. The van der Waals surface area contributed by atoms with Gasteiger partial charge in [-0.3, -0.25) is 4.40 Å².